The van der Waals surface area contributed by atoms with Gasteiger partial charge in [0.2, 0.25) is 5.91 Å². The van der Waals surface area contributed by atoms with Crippen LogP contribution in [0.5, 0.6) is 0 Å². The zero-order chi connectivity index (χ0) is 21.1. The first-order valence-electron chi connectivity index (χ1n) is 9.54. The topological polar surface area (TPSA) is 70.2 Å². The molecular formula is C23H20N4OS2. The third-order valence-corrected chi connectivity index (χ3v) is 6.55. The lowest BCUT2D eigenvalue weighted by molar-refractivity contribution is -0.113. The van der Waals surface area contributed by atoms with Gasteiger partial charge in [-0.3, -0.25) is 9.20 Å². The first kappa shape index (κ1) is 20.3. The number of nitriles is 1. The number of amides is 1. The highest BCUT2D eigenvalue weighted by Crippen LogP contribution is 2.30. The molecule has 0 saturated heterocycles. The predicted octanol–water partition coefficient (Wildman–Crippen LogP) is 5.37. The number of anilines is 1. The maximum atomic E-state index is 12.6. The Morgan fingerprint density at radius 3 is 2.80 bits per heavy atom. The Hall–Kier alpha value is -2.95. The number of carbonyl (C=O) groups is 1. The highest BCUT2D eigenvalue weighted by molar-refractivity contribution is 8.00. The monoisotopic (exact) mass is 432 g/mol. The van der Waals surface area contributed by atoms with Crippen LogP contribution < -0.4 is 5.32 Å². The van der Waals surface area contributed by atoms with Crippen molar-refractivity contribution in [2.45, 2.75) is 23.3 Å². The lowest BCUT2D eigenvalue weighted by Gasteiger charge is -2.11. The van der Waals surface area contributed by atoms with Gasteiger partial charge < -0.3 is 5.32 Å². The molecule has 0 unspecified atom stereocenters. The summed E-state index contributed by atoms with van der Waals surface area (Å²) in [5, 5.41) is 13.6. The van der Waals surface area contributed by atoms with Crippen molar-refractivity contribution in [2.75, 3.05) is 17.3 Å². The van der Waals surface area contributed by atoms with Crippen LogP contribution in [0.1, 0.15) is 18.1 Å². The van der Waals surface area contributed by atoms with Crippen molar-refractivity contribution in [1.82, 2.24) is 9.38 Å². The SMILES string of the molecule is CCc1cc(SCC(=O)Nc2cccc(SC)c2)n2c(nc3ccccc32)c1C#N. The van der Waals surface area contributed by atoms with Crippen LogP contribution in [0.4, 0.5) is 5.69 Å². The van der Waals surface area contributed by atoms with E-state index in [0.717, 1.165) is 38.6 Å². The van der Waals surface area contributed by atoms with Crippen molar-refractivity contribution in [2.24, 2.45) is 0 Å². The smallest absolute Gasteiger partial charge is 0.234 e. The quantitative estimate of drug-likeness (QED) is 0.415. The third kappa shape index (κ3) is 3.89. The minimum absolute atomic E-state index is 0.0711. The van der Waals surface area contributed by atoms with Gasteiger partial charge in [-0.25, -0.2) is 4.98 Å². The first-order chi connectivity index (χ1) is 14.6. The largest absolute Gasteiger partial charge is 0.325 e. The number of benzene rings is 2. The fourth-order valence-electron chi connectivity index (χ4n) is 3.39. The standard InChI is InChI=1S/C23H20N4OS2/c1-3-15-11-22(30-14-21(28)25-16-7-6-8-17(12-16)29-2)27-20-10-5-4-9-19(20)26-23(27)18(15)13-24/h4-12H,3,14H2,1-2H3,(H,25,28). The van der Waals surface area contributed by atoms with E-state index in [2.05, 4.69) is 11.4 Å². The summed E-state index contributed by atoms with van der Waals surface area (Å²) in [5.74, 6) is 0.193. The molecule has 0 fully saturated rings. The van der Waals surface area contributed by atoms with Crippen LogP contribution in [-0.4, -0.2) is 27.3 Å². The Balaban J connectivity index is 1.66. The number of rotatable bonds is 6. The summed E-state index contributed by atoms with van der Waals surface area (Å²) in [6, 6.07) is 19.9. The van der Waals surface area contributed by atoms with Crippen LogP contribution in [0.15, 0.2) is 64.5 Å². The minimum Gasteiger partial charge on any atom is -0.325 e. The number of pyridine rings is 1. The van der Waals surface area contributed by atoms with Crippen molar-refractivity contribution in [3.05, 3.63) is 65.7 Å². The molecule has 0 saturated carbocycles. The average molecular weight is 433 g/mol. The van der Waals surface area contributed by atoms with Gasteiger partial charge in [0.1, 0.15) is 6.07 Å². The summed E-state index contributed by atoms with van der Waals surface area (Å²) in [6.45, 7) is 2.02. The van der Waals surface area contributed by atoms with E-state index in [1.165, 1.54) is 11.8 Å². The number of fused-ring (bicyclic) bond motifs is 3. The molecule has 0 bridgehead atoms. The summed E-state index contributed by atoms with van der Waals surface area (Å²) in [7, 11) is 0. The van der Waals surface area contributed by atoms with Crippen molar-refractivity contribution >= 4 is 51.8 Å². The minimum atomic E-state index is -0.0711. The van der Waals surface area contributed by atoms with Gasteiger partial charge in [-0.1, -0.05) is 36.9 Å². The van der Waals surface area contributed by atoms with Crippen LogP contribution in [0, 0.1) is 11.3 Å². The molecule has 7 heteroatoms. The molecule has 2 aromatic carbocycles. The van der Waals surface area contributed by atoms with Crippen molar-refractivity contribution in [3.8, 4) is 6.07 Å². The Bertz CT molecular complexity index is 1290. The predicted molar refractivity (Wildman–Crippen MR) is 124 cm³/mol. The van der Waals surface area contributed by atoms with Crippen LogP contribution in [0.2, 0.25) is 0 Å². The molecule has 1 N–H and O–H groups in total. The van der Waals surface area contributed by atoms with Crippen LogP contribution in [0.25, 0.3) is 16.7 Å². The van der Waals surface area contributed by atoms with Gasteiger partial charge in [0.25, 0.3) is 0 Å². The molecule has 0 spiro atoms. The zero-order valence-corrected chi connectivity index (χ0v) is 18.3. The van der Waals surface area contributed by atoms with Crippen LogP contribution >= 0.6 is 23.5 Å². The maximum Gasteiger partial charge on any atom is 0.234 e. The molecule has 0 atom stereocenters. The number of nitrogens with zero attached hydrogens (tertiary/aromatic N) is 3. The number of carbonyl (C=O) groups excluding carboxylic acids is 1. The number of imidazole rings is 1. The van der Waals surface area contributed by atoms with E-state index in [1.54, 1.807) is 11.8 Å². The Morgan fingerprint density at radius 1 is 1.20 bits per heavy atom. The molecule has 0 aliphatic carbocycles. The van der Waals surface area contributed by atoms with E-state index in [-0.39, 0.29) is 11.7 Å². The highest BCUT2D eigenvalue weighted by atomic mass is 32.2. The van der Waals surface area contributed by atoms with Crippen molar-refractivity contribution < 1.29 is 4.79 Å². The summed E-state index contributed by atoms with van der Waals surface area (Å²) in [4.78, 5) is 18.4. The number of para-hydroxylation sites is 2. The molecule has 30 heavy (non-hydrogen) atoms. The fraction of sp³-hybridized carbons (Fsp3) is 0.174. The molecule has 4 aromatic rings. The van der Waals surface area contributed by atoms with Crippen LogP contribution in [-0.2, 0) is 11.2 Å². The van der Waals surface area contributed by atoms with Gasteiger partial charge in [-0.2, -0.15) is 5.26 Å². The average Bonchev–Trinajstić information content (AvgIpc) is 3.16. The molecule has 4 rings (SSSR count). The molecule has 2 heterocycles. The Labute approximate surface area is 183 Å². The second kappa shape index (κ2) is 8.82. The van der Waals surface area contributed by atoms with Gasteiger partial charge in [0, 0.05) is 10.6 Å². The third-order valence-electron chi connectivity index (χ3n) is 4.82. The number of aryl methyl sites for hydroxylation is 1. The van der Waals surface area contributed by atoms with Gasteiger partial charge >= 0.3 is 0 Å². The second-order valence-corrected chi connectivity index (χ2v) is 8.55. The van der Waals surface area contributed by atoms with Gasteiger partial charge in [-0.15, -0.1) is 11.8 Å². The molecule has 2 aromatic heterocycles. The van der Waals surface area contributed by atoms with E-state index in [0.29, 0.717) is 11.2 Å². The molecule has 1 amide bonds. The lowest BCUT2D eigenvalue weighted by Crippen LogP contribution is -2.14. The number of hydrogen-bond donors (Lipinski definition) is 1. The van der Waals surface area contributed by atoms with Gasteiger partial charge in [0.05, 0.1) is 27.4 Å². The van der Waals surface area contributed by atoms with Crippen molar-refractivity contribution in [3.63, 3.8) is 0 Å². The number of aromatic nitrogens is 2. The Kier molecular flexibility index (Phi) is 5.98. The molecule has 0 aliphatic heterocycles. The molecule has 0 aliphatic rings. The van der Waals surface area contributed by atoms with E-state index in [1.807, 2.05) is 72.2 Å². The van der Waals surface area contributed by atoms with E-state index < -0.39 is 0 Å². The van der Waals surface area contributed by atoms with E-state index >= 15 is 0 Å². The first-order valence-corrected chi connectivity index (χ1v) is 11.8. The molecular weight excluding hydrogens is 412 g/mol. The molecule has 0 radical (unpaired) electrons. The maximum absolute atomic E-state index is 12.6. The summed E-state index contributed by atoms with van der Waals surface area (Å²) < 4.78 is 1.99. The van der Waals surface area contributed by atoms with Crippen molar-refractivity contribution in [1.29, 1.82) is 5.26 Å². The lowest BCUT2D eigenvalue weighted by atomic mass is 10.1. The second-order valence-electron chi connectivity index (χ2n) is 6.68. The Morgan fingerprint density at radius 2 is 2.03 bits per heavy atom. The van der Waals surface area contributed by atoms with Gasteiger partial charge in [-0.05, 0) is 54.6 Å². The number of hydrogen-bond acceptors (Lipinski definition) is 5. The highest BCUT2D eigenvalue weighted by Gasteiger charge is 2.17. The van der Waals surface area contributed by atoms with Crippen LogP contribution in [0.3, 0.4) is 0 Å². The summed E-state index contributed by atoms with van der Waals surface area (Å²) >= 11 is 3.09. The van der Waals surface area contributed by atoms with Gasteiger partial charge in [0.15, 0.2) is 5.65 Å². The fourth-order valence-corrected chi connectivity index (χ4v) is 4.74. The summed E-state index contributed by atoms with van der Waals surface area (Å²) in [5.41, 5.74) is 4.74. The zero-order valence-electron chi connectivity index (χ0n) is 16.7. The number of nitrogens with one attached hydrogen (secondary N) is 1. The van der Waals surface area contributed by atoms with E-state index in [9.17, 15) is 10.1 Å². The summed E-state index contributed by atoms with van der Waals surface area (Å²) in [6.07, 6.45) is 2.73. The normalized spacial score (nSPS) is 11.0. The molecule has 5 nitrogen and oxygen atoms in total. The molecule has 150 valence electrons. The number of thioether (sulfide) groups is 2. The van der Waals surface area contributed by atoms with E-state index in [4.69, 9.17) is 4.98 Å².